The van der Waals surface area contributed by atoms with Crippen LogP contribution < -0.4 is 11.1 Å². The number of hydrogen-bond donors (Lipinski definition) is 3. The van der Waals surface area contributed by atoms with E-state index in [4.69, 9.17) is 15.6 Å². The van der Waals surface area contributed by atoms with E-state index >= 15 is 0 Å². The molecule has 0 bridgehead atoms. The third-order valence-corrected chi connectivity index (χ3v) is 2.28. The molecule has 1 unspecified atom stereocenters. The molecule has 1 aromatic rings. The first-order chi connectivity index (χ1) is 8.51. The number of ether oxygens (including phenoxy) is 1. The number of benzene rings is 1. The number of hydrogen-bond acceptors (Lipinski definition) is 4. The van der Waals surface area contributed by atoms with Crippen molar-refractivity contribution in [3.8, 4) is 0 Å². The van der Waals surface area contributed by atoms with Gasteiger partial charge in [-0.1, -0.05) is 6.07 Å². The Morgan fingerprint density at radius 3 is 2.72 bits per heavy atom. The molecule has 1 atom stereocenters. The van der Waals surface area contributed by atoms with Crippen LogP contribution in [0.3, 0.4) is 0 Å². The molecule has 0 aliphatic rings. The normalized spacial score (nSPS) is 11.9. The highest BCUT2D eigenvalue weighted by Crippen LogP contribution is 2.19. The maximum atomic E-state index is 13.3. The van der Waals surface area contributed by atoms with Crippen molar-refractivity contribution in [1.82, 2.24) is 0 Å². The Morgan fingerprint density at radius 1 is 1.56 bits per heavy atom. The Morgan fingerprint density at radius 2 is 2.22 bits per heavy atom. The Bertz CT molecular complexity index is 460. The molecule has 6 nitrogen and oxygen atoms in total. The summed E-state index contributed by atoms with van der Waals surface area (Å²) in [5.41, 5.74) is 4.55. The molecule has 0 aliphatic heterocycles. The molecular formula is C11H13FN2O4. The summed E-state index contributed by atoms with van der Waals surface area (Å²) in [6.45, 7) is -0.0694. The summed E-state index contributed by atoms with van der Waals surface area (Å²) in [4.78, 5) is 22.5. The number of carboxylic acid groups (broad SMARTS) is 1. The van der Waals surface area contributed by atoms with Gasteiger partial charge in [-0.3, -0.25) is 4.79 Å². The van der Waals surface area contributed by atoms with Crippen molar-refractivity contribution in [2.45, 2.75) is 6.10 Å². The van der Waals surface area contributed by atoms with Crippen LogP contribution in [0.15, 0.2) is 18.2 Å². The number of nitrogens with one attached hydrogen (secondary N) is 1. The van der Waals surface area contributed by atoms with Crippen molar-refractivity contribution < 1.29 is 23.8 Å². The van der Waals surface area contributed by atoms with E-state index in [2.05, 4.69) is 5.32 Å². The van der Waals surface area contributed by atoms with Crippen molar-refractivity contribution in [1.29, 1.82) is 0 Å². The minimum atomic E-state index is -1.47. The first-order valence-electron chi connectivity index (χ1n) is 5.06. The van der Waals surface area contributed by atoms with Gasteiger partial charge in [-0.2, -0.15) is 0 Å². The number of anilines is 1. The maximum absolute atomic E-state index is 13.3. The summed E-state index contributed by atoms with van der Waals surface area (Å²) in [6.07, 6.45) is -0.921. The molecule has 98 valence electrons. The fourth-order valence-electron chi connectivity index (χ4n) is 1.37. The van der Waals surface area contributed by atoms with E-state index in [0.717, 1.165) is 6.07 Å². The van der Waals surface area contributed by atoms with Crippen LogP contribution in [0.2, 0.25) is 0 Å². The van der Waals surface area contributed by atoms with E-state index in [9.17, 15) is 14.0 Å². The van der Waals surface area contributed by atoms with Gasteiger partial charge in [-0.15, -0.1) is 0 Å². The topological polar surface area (TPSA) is 102 Å². The average Bonchev–Trinajstić information content (AvgIpc) is 2.30. The number of carbonyl (C=O) groups is 2. The lowest BCUT2D eigenvalue weighted by molar-refractivity contribution is -0.125. The summed E-state index contributed by atoms with van der Waals surface area (Å²) in [5.74, 6) is -3.03. The lowest BCUT2D eigenvalue weighted by Gasteiger charge is -2.14. The zero-order chi connectivity index (χ0) is 13.7. The molecule has 0 aromatic heterocycles. The van der Waals surface area contributed by atoms with Crippen molar-refractivity contribution in [2.75, 3.05) is 19.0 Å². The third-order valence-electron chi connectivity index (χ3n) is 2.28. The molecule has 1 amide bonds. The quantitative estimate of drug-likeness (QED) is 0.709. The van der Waals surface area contributed by atoms with Crippen molar-refractivity contribution in [2.24, 2.45) is 5.73 Å². The van der Waals surface area contributed by atoms with Crippen LogP contribution >= 0.6 is 0 Å². The Hall–Kier alpha value is -1.99. The molecule has 1 rings (SSSR count). The summed E-state index contributed by atoms with van der Waals surface area (Å²) < 4.78 is 18.1. The molecule has 0 fully saturated rings. The number of amides is 1. The summed E-state index contributed by atoms with van der Waals surface area (Å²) >= 11 is 0. The summed E-state index contributed by atoms with van der Waals surface area (Å²) in [6, 6.07) is 3.57. The Balaban J connectivity index is 3.01. The van der Waals surface area contributed by atoms with Gasteiger partial charge < -0.3 is 20.9 Å². The van der Waals surface area contributed by atoms with E-state index in [-0.39, 0.29) is 12.2 Å². The van der Waals surface area contributed by atoms with Crippen LogP contribution in [0.25, 0.3) is 0 Å². The van der Waals surface area contributed by atoms with Crippen LogP contribution in [0.4, 0.5) is 10.1 Å². The van der Waals surface area contributed by atoms with Gasteiger partial charge in [0, 0.05) is 13.7 Å². The smallest absolute Gasteiger partial charge is 0.340 e. The molecular weight excluding hydrogens is 243 g/mol. The minimum absolute atomic E-state index is 0.0694. The number of halogens is 1. The highest BCUT2D eigenvalue weighted by atomic mass is 19.1. The largest absolute Gasteiger partial charge is 0.478 e. The maximum Gasteiger partial charge on any atom is 0.340 e. The molecule has 18 heavy (non-hydrogen) atoms. The number of carbonyl (C=O) groups excluding carboxylic acids is 1. The van der Waals surface area contributed by atoms with Crippen LogP contribution in [0.1, 0.15) is 10.4 Å². The van der Waals surface area contributed by atoms with Gasteiger partial charge in [-0.25, -0.2) is 9.18 Å². The van der Waals surface area contributed by atoms with Crippen molar-refractivity contribution in [3.63, 3.8) is 0 Å². The van der Waals surface area contributed by atoms with Gasteiger partial charge in [0.2, 0.25) is 0 Å². The van der Waals surface area contributed by atoms with Crippen LogP contribution in [-0.4, -0.2) is 36.7 Å². The highest BCUT2D eigenvalue weighted by Gasteiger charge is 2.21. The number of methoxy groups -OCH3 is 1. The predicted octanol–water partition coefficient (Wildman–Crippen LogP) is 0.436. The van der Waals surface area contributed by atoms with Gasteiger partial charge in [0.05, 0.1) is 5.69 Å². The third kappa shape index (κ3) is 3.02. The van der Waals surface area contributed by atoms with E-state index in [1.54, 1.807) is 0 Å². The zero-order valence-electron chi connectivity index (χ0n) is 9.64. The summed E-state index contributed by atoms with van der Waals surface area (Å²) in [7, 11) is 1.29. The molecule has 0 heterocycles. The molecule has 0 saturated heterocycles. The van der Waals surface area contributed by atoms with Gasteiger partial charge in [-0.05, 0) is 12.1 Å². The number of aromatic carboxylic acids is 1. The van der Waals surface area contributed by atoms with Crippen LogP contribution in [0, 0.1) is 5.82 Å². The molecule has 0 spiro atoms. The van der Waals surface area contributed by atoms with Crippen LogP contribution in [-0.2, 0) is 9.53 Å². The van der Waals surface area contributed by atoms with Gasteiger partial charge in [0.15, 0.2) is 0 Å². The number of nitrogens with two attached hydrogens (primary N) is 1. The lowest BCUT2D eigenvalue weighted by atomic mass is 10.1. The number of rotatable bonds is 5. The zero-order valence-corrected chi connectivity index (χ0v) is 9.64. The standard InChI is InChI=1S/C11H13FN2O4/c1-18-8(5-13)10(15)14-7-4-2-3-6(12)9(7)11(16)17/h2-4,8H,5,13H2,1H3,(H,14,15)(H,16,17). The van der Waals surface area contributed by atoms with Crippen molar-refractivity contribution in [3.05, 3.63) is 29.6 Å². The molecule has 0 saturated carbocycles. The second kappa shape index (κ2) is 6.08. The molecule has 7 heteroatoms. The summed E-state index contributed by atoms with van der Waals surface area (Å²) in [5, 5.41) is 11.1. The minimum Gasteiger partial charge on any atom is -0.478 e. The van der Waals surface area contributed by atoms with E-state index in [1.165, 1.54) is 19.2 Å². The van der Waals surface area contributed by atoms with E-state index in [1.807, 2.05) is 0 Å². The van der Waals surface area contributed by atoms with E-state index in [0.29, 0.717) is 0 Å². The van der Waals surface area contributed by atoms with Gasteiger partial charge in [0.25, 0.3) is 5.91 Å². The van der Waals surface area contributed by atoms with Crippen molar-refractivity contribution >= 4 is 17.6 Å². The fraction of sp³-hybridized carbons (Fsp3) is 0.273. The predicted molar refractivity (Wildman–Crippen MR) is 61.8 cm³/mol. The SMILES string of the molecule is COC(CN)C(=O)Nc1cccc(F)c1C(=O)O. The lowest BCUT2D eigenvalue weighted by Crippen LogP contribution is -2.36. The molecule has 0 radical (unpaired) electrons. The monoisotopic (exact) mass is 256 g/mol. The first-order valence-corrected chi connectivity index (χ1v) is 5.06. The number of carboxylic acids is 1. The van der Waals surface area contributed by atoms with Crippen LogP contribution in [0.5, 0.6) is 0 Å². The van der Waals surface area contributed by atoms with Gasteiger partial charge >= 0.3 is 5.97 Å². The molecule has 1 aromatic carbocycles. The van der Waals surface area contributed by atoms with E-state index < -0.39 is 29.4 Å². The molecule has 4 N–H and O–H groups in total. The Labute approximate surface area is 103 Å². The highest BCUT2D eigenvalue weighted by molar-refractivity contribution is 6.02. The first kappa shape index (κ1) is 14.1. The van der Waals surface area contributed by atoms with Gasteiger partial charge in [0.1, 0.15) is 17.5 Å². The Kier molecular flexibility index (Phi) is 4.75. The second-order valence-corrected chi connectivity index (χ2v) is 3.42. The fourth-order valence-corrected chi connectivity index (χ4v) is 1.37. The average molecular weight is 256 g/mol. The molecule has 0 aliphatic carbocycles. The second-order valence-electron chi connectivity index (χ2n) is 3.42.